The lowest BCUT2D eigenvalue weighted by Crippen LogP contribution is -2.46. The first kappa shape index (κ1) is 19.4. The minimum Gasteiger partial charge on any atom is -0.383 e. The molecule has 7 nitrogen and oxygen atoms in total. The molecule has 1 aliphatic rings. The number of aromatic nitrogens is 2. The zero-order valence-electron chi connectivity index (χ0n) is 15.7. The lowest BCUT2D eigenvalue weighted by atomic mass is 9.97. The van der Waals surface area contributed by atoms with Crippen molar-refractivity contribution in [1.29, 1.82) is 0 Å². The molecule has 1 aromatic carbocycles. The van der Waals surface area contributed by atoms with Gasteiger partial charge in [-0.2, -0.15) is 4.98 Å². The smallest absolute Gasteiger partial charge is 0.241 e. The number of hydrogen-bond donors (Lipinski definition) is 1. The van der Waals surface area contributed by atoms with Crippen molar-refractivity contribution >= 4 is 5.91 Å². The number of benzene rings is 1. The van der Waals surface area contributed by atoms with Crippen LogP contribution in [0.15, 0.2) is 28.8 Å². The van der Waals surface area contributed by atoms with Gasteiger partial charge in [-0.1, -0.05) is 5.16 Å². The Labute approximate surface area is 157 Å². The molecule has 0 radical (unpaired) electrons. The number of rotatable bonds is 7. The number of amides is 1. The van der Waals surface area contributed by atoms with Crippen molar-refractivity contribution in [3.05, 3.63) is 36.0 Å². The van der Waals surface area contributed by atoms with E-state index in [9.17, 15) is 9.18 Å². The summed E-state index contributed by atoms with van der Waals surface area (Å²) in [6.07, 6.45) is 1.81. The van der Waals surface area contributed by atoms with Crippen molar-refractivity contribution in [3.63, 3.8) is 0 Å². The third kappa shape index (κ3) is 5.33. The van der Waals surface area contributed by atoms with Gasteiger partial charge in [0.1, 0.15) is 5.82 Å². The van der Waals surface area contributed by atoms with Crippen LogP contribution in [0.2, 0.25) is 0 Å². The van der Waals surface area contributed by atoms with E-state index in [0.717, 1.165) is 19.4 Å². The molecule has 0 saturated carbocycles. The molecule has 0 spiro atoms. The summed E-state index contributed by atoms with van der Waals surface area (Å²) >= 11 is 0. The van der Waals surface area contributed by atoms with E-state index in [4.69, 9.17) is 9.26 Å². The minimum atomic E-state index is -0.306. The fourth-order valence-electron chi connectivity index (χ4n) is 3.29. The molecule has 1 fully saturated rings. The van der Waals surface area contributed by atoms with E-state index in [0.29, 0.717) is 37.0 Å². The first-order chi connectivity index (χ1) is 13.0. The molecule has 27 heavy (non-hydrogen) atoms. The Morgan fingerprint density at radius 1 is 1.44 bits per heavy atom. The molecular formula is C19H25FN4O3. The molecule has 1 aromatic heterocycles. The molecule has 2 aromatic rings. The molecule has 2 heterocycles. The number of halogens is 1. The number of hydrogen-bond acceptors (Lipinski definition) is 6. The zero-order valence-corrected chi connectivity index (χ0v) is 15.7. The minimum absolute atomic E-state index is 0.00733. The summed E-state index contributed by atoms with van der Waals surface area (Å²) in [5.74, 6) is 0.618. The lowest BCUT2D eigenvalue weighted by Gasteiger charge is -2.31. The molecule has 0 bridgehead atoms. The predicted molar refractivity (Wildman–Crippen MR) is 97.2 cm³/mol. The number of nitrogens with one attached hydrogen (secondary N) is 1. The molecule has 1 N–H and O–H groups in total. The van der Waals surface area contributed by atoms with Crippen LogP contribution in [0, 0.1) is 11.7 Å². The molecule has 1 aliphatic heterocycles. The highest BCUT2D eigenvalue weighted by molar-refractivity contribution is 5.79. The average Bonchev–Trinajstić information content (AvgIpc) is 3.11. The molecule has 2 atom stereocenters. The van der Waals surface area contributed by atoms with Gasteiger partial charge >= 0.3 is 0 Å². The van der Waals surface area contributed by atoms with E-state index in [1.165, 1.54) is 12.1 Å². The first-order valence-corrected chi connectivity index (χ1v) is 9.15. The summed E-state index contributed by atoms with van der Waals surface area (Å²) in [5, 5.41) is 6.96. The van der Waals surface area contributed by atoms with Gasteiger partial charge in [0.25, 0.3) is 0 Å². The number of ether oxygens (including phenoxy) is 1. The molecule has 1 saturated heterocycles. The van der Waals surface area contributed by atoms with Gasteiger partial charge in [-0.25, -0.2) is 4.39 Å². The number of likely N-dealkylation sites (tertiary alicyclic amines) is 1. The zero-order chi connectivity index (χ0) is 19.2. The number of methoxy groups -OCH3 is 1. The molecule has 146 valence electrons. The highest BCUT2D eigenvalue weighted by atomic mass is 19.1. The summed E-state index contributed by atoms with van der Waals surface area (Å²) in [4.78, 5) is 19.0. The van der Waals surface area contributed by atoms with Crippen LogP contribution in [0.1, 0.15) is 25.7 Å². The summed E-state index contributed by atoms with van der Waals surface area (Å²) in [6, 6.07) is 5.96. The summed E-state index contributed by atoms with van der Waals surface area (Å²) in [6.45, 7) is 4.45. The second kappa shape index (κ2) is 9.05. The van der Waals surface area contributed by atoms with Crippen LogP contribution in [0.25, 0.3) is 11.4 Å². The fourth-order valence-corrected chi connectivity index (χ4v) is 3.29. The van der Waals surface area contributed by atoms with E-state index in [-0.39, 0.29) is 23.7 Å². The van der Waals surface area contributed by atoms with E-state index in [1.807, 2.05) is 6.92 Å². The SMILES string of the molecule is COCC(C)NC(=O)C1CCCN(Cc2nc(-c3ccc(F)cc3)no2)C1. The Morgan fingerprint density at radius 2 is 2.22 bits per heavy atom. The standard InChI is InChI=1S/C19H25FN4O3/c1-13(12-26-2)21-19(25)15-4-3-9-24(10-15)11-17-22-18(23-27-17)14-5-7-16(20)8-6-14/h5-8,13,15H,3-4,9-12H2,1-2H3,(H,21,25). The van der Waals surface area contributed by atoms with Crippen molar-refractivity contribution in [2.45, 2.75) is 32.4 Å². The third-order valence-electron chi connectivity index (χ3n) is 4.61. The Morgan fingerprint density at radius 3 is 2.96 bits per heavy atom. The summed E-state index contributed by atoms with van der Waals surface area (Å²) < 4.78 is 23.4. The van der Waals surface area contributed by atoms with Crippen LogP contribution < -0.4 is 5.32 Å². The van der Waals surface area contributed by atoms with E-state index >= 15 is 0 Å². The van der Waals surface area contributed by atoms with Crippen molar-refractivity contribution in [2.24, 2.45) is 5.92 Å². The average molecular weight is 376 g/mol. The Hall–Kier alpha value is -2.32. The Bertz CT molecular complexity index is 750. The van der Waals surface area contributed by atoms with Crippen molar-refractivity contribution in [2.75, 3.05) is 26.8 Å². The lowest BCUT2D eigenvalue weighted by molar-refractivity contribution is -0.127. The van der Waals surface area contributed by atoms with Gasteiger partial charge < -0.3 is 14.6 Å². The number of carbonyl (C=O) groups is 1. The molecular weight excluding hydrogens is 351 g/mol. The van der Waals surface area contributed by atoms with Crippen LogP contribution in [-0.2, 0) is 16.1 Å². The van der Waals surface area contributed by atoms with Crippen LogP contribution in [0.3, 0.4) is 0 Å². The third-order valence-corrected chi connectivity index (χ3v) is 4.61. The molecule has 8 heteroatoms. The van der Waals surface area contributed by atoms with Gasteiger partial charge in [-0.05, 0) is 50.6 Å². The number of carbonyl (C=O) groups excluding carboxylic acids is 1. The normalized spacial score (nSPS) is 19.0. The van der Waals surface area contributed by atoms with E-state index in [2.05, 4.69) is 20.4 Å². The van der Waals surface area contributed by atoms with Crippen LogP contribution >= 0.6 is 0 Å². The fraction of sp³-hybridized carbons (Fsp3) is 0.526. The van der Waals surface area contributed by atoms with Crippen LogP contribution in [0.5, 0.6) is 0 Å². The largest absolute Gasteiger partial charge is 0.383 e. The highest BCUT2D eigenvalue weighted by Crippen LogP contribution is 2.20. The van der Waals surface area contributed by atoms with Crippen molar-refractivity contribution in [1.82, 2.24) is 20.4 Å². The monoisotopic (exact) mass is 376 g/mol. The second-order valence-electron chi connectivity index (χ2n) is 6.96. The maximum absolute atomic E-state index is 13.0. The van der Waals surface area contributed by atoms with E-state index in [1.54, 1.807) is 19.2 Å². The van der Waals surface area contributed by atoms with Gasteiger partial charge in [0.05, 0.1) is 19.1 Å². The second-order valence-corrected chi connectivity index (χ2v) is 6.96. The quantitative estimate of drug-likeness (QED) is 0.798. The number of piperidine rings is 1. The number of nitrogens with zero attached hydrogens (tertiary/aromatic N) is 3. The summed E-state index contributed by atoms with van der Waals surface area (Å²) in [5.41, 5.74) is 0.703. The topological polar surface area (TPSA) is 80.5 Å². The van der Waals surface area contributed by atoms with E-state index < -0.39 is 0 Å². The van der Waals surface area contributed by atoms with Gasteiger partial charge in [-0.15, -0.1) is 0 Å². The van der Waals surface area contributed by atoms with Crippen LogP contribution in [-0.4, -0.2) is 53.8 Å². The molecule has 0 aliphatic carbocycles. The maximum atomic E-state index is 13.0. The Kier molecular flexibility index (Phi) is 6.52. The van der Waals surface area contributed by atoms with Gasteiger partial charge in [-0.3, -0.25) is 9.69 Å². The van der Waals surface area contributed by atoms with Crippen molar-refractivity contribution < 1.29 is 18.4 Å². The predicted octanol–water partition coefficient (Wildman–Crippen LogP) is 2.24. The summed E-state index contributed by atoms with van der Waals surface area (Å²) in [7, 11) is 1.62. The van der Waals surface area contributed by atoms with Gasteiger partial charge in [0.15, 0.2) is 0 Å². The molecule has 2 unspecified atom stereocenters. The van der Waals surface area contributed by atoms with Gasteiger partial charge in [0.2, 0.25) is 17.6 Å². The van der Waals surface area contributed by atoms with Gasteiger partial charge in [0, 0.05) is 25.3 Å². The first-order valence-electron chi connectivity index (χ1n) is 9.15. The maximum Gasteiger partial charge on any atom is 0.241 e. The van der Waals surface area contributed by atoms with Crippen LogP contribution in [0.4, 0.5) is 4.39 Å². The Balaban J connectivity index is 1.56. The van der Waals surface area contributed by atoms with Crippen molar-refractivity contribution in [3.8, 4) is 11.4 Å². The highest BCUT2D eigenvalue weighted by Gasteiger charge is 2.27. The molecule has 3 rings (SSSR count). The molecule has 1 amide bonds.